The van der Waals surface area contributed by atoms with Gasteiger partial charge in [-0.1, -0.05) is 23.4 Å². The molecule has 1 aromatic carbocycles. The summed E-state index contributed by atoms with van der Waals surface area (Å²) in [4.78, 5) is 20.2. The Morgan fingerprint density at radius 2 is 1.92 bits per heavy atom. The van der Waals surface area contributed by atoms with Gasteiger partial charge < -0.3 is 14.3 Å². The molecule has 0 aliphatic carbocycles. The van der Waals surface area contributed by atoms with Crippen LogP contribution < -0.4 is 5.32 Å². The van der Waals surface area contributed by atoms with Gasteiger partial charge in [-0.2, -0.15) is 4.98 Å². The summed E-state index contributed by atoms with van der Waals surface area (Å²) in [6.45, 7) is 6.94. The summed E-state index contributed by atoms with van der Waals surface area (Å²) in [6.07, 6.45) is 0.366. The van der Waals surface area contributed by atoms with E-state index in [1.54, 1.807) is 0 Å². The van der Waals surface area contributed by atoms with Gasteiger partial charge in [0.1, 0.15) is 5.76 Å². The minimum atomic E-state index is -0.707. The molecular weight excluding hydrogens is 320 g/mol. The molecule has 130 valence electrons. The summed E-state index contributed by atoms with van der Waals surface area (Å²) in [5.74, 6) is 1.95. The molecule has 25 heavy (non-hydrogen) atoms. The Kier molecular flexibility index (Phi) is 4.39. The number of carbonyl (C=O) groups is 1. The van der Waals surface area contributed by atoms with E-state index in [1.165, 1.54) is 6.92 Å². The number of aryl methyl sites for hydroxylation is 1. The van der Waals surface area contributed by atoms with Gasteiger partial charge in [0.15, 0.2) is 5.82 Å². The number of amides is 1. The smallest absolute Gasteiger partial charge is 0.232 e. The Hall–Kier alpha value is -2.96. The predicted octanol–water partition coefficient (Wildman–Crippen LogP) is 3.00. The summed E-state index contributed by atoms with van der Waals surface area (Å²) in [5, 5.41) is 6.76. The monoisotopic (exact) mass is 340 g/mol. The lowest BCUT2D eigenvalue weighted by molar-refractivity contribution is -0.120. The van der Waals surface area contributed by atoms with E-state index in [0.717, 1.165) is 11.3 Å². The fraction of sp³-hybridized carbons (Fsp3) is 0.333. The van der Waals surface area contributed by atoms with Crippen LogP contribution in [0.1, 0.15) is 43.9 Å². The van der Waals surface area contributed by atoms with Gasteiger partial charge in [-0.3, -0.25) is 4.79 Å². The minimum absolute atomic E-state index is 0.156. The van der Waals surface area contributed by atoms with Gasteiger partial charge >= 0.3 is 0 Å². The van der Waals surface area contributed by atoms with Crippen LogP contribution in [0.15, 0.2) is 39.3 Å². The van der Waals surface area contributed by atoms with Crippen molar-refractivity contribution in [2.24, 2.45) is 0 Å². The SMILES string of the molecule is CC(=O)NC(C)(C)c1noc(Cc2nc(-c3ccccc3)oc2C)n1. The molecule has 7 heteroatoms. The molecule has 1 N–H and O–H groups in total. The van der Waals surface area contributed by atoms with E-state index in [0.29, 0.717) is 29.8 Å². The molecule has 0 spiro atoms. The number of nitrogens with zero attached hydrogens (tertiary/aromatic N) is 3. The number of aromatic nitrogens is 3. The van der Waals surface area contributed by atoms with E-state index in [2.05, 4.69) is 20.4 Å². The Labute approximate surface area is 145 Å². The van der Waals surface area contributed by atoms with Crippen LogP contribution in [0.4, 0.5) is 0 Å². The molecule has 2 heterocycles. The Bertz CT molecular complexity index is 881. The second-order valence-electron chi connectivity index (χ2n) is 6.38. The molecule has 0 fully saturated rings. The van der Waals surface area contributed by atoms with Gasteiger partial charge in [-0.05, 0) is 32.9 Å². The maximum atomic E-state index is 11.3. The topological polar surface area (TPSA) is 94.1 Å². The molecular formula is C18H20N4O3. The molecule has 3 rings (SSSR count). The van der Waals surface area contributed by atoms with E-state index in [9.17, 15) is 4.79 Å². The number of hydrogen-bond acceptors (Lipinski definition) is 6. The third kappa shape index (κ3) is 3.76. The summed E-state index contributed by atoms with van der Waals surface area (Å²) in [6, 6.07) is 9.69. The molecule has 0 unspecified atom stereocenters. The van der Waals surface area contributed by atoms with Crippen molar-refractivity contribution in [3.63, 3.8) is 0 Å². The molecule has 2 aromatic heterocycles. The predicted molar refractivity (Wildman–Crippen MR) is 90.6 cm³/mol. The molecule has 0 bridgehead atoms. The van der Waals surface area contributed by atoms with Gasteiger partial charge in [0, 0.05) is 12.5 Å². The first kappa shape index (κ1) is 16.9. The maximum Gasteiger partial charge on any atom is 0.232 e. The lowest BCUT2D eigenvalue weighted by Crippen LogP contribution is -2.40. The molecule has 0 aliphatic rings. The van der Waals surface area contributed by atoms with Crippen molar-refractivity contribution >= 4 is 5.91 Å². The third-order valence-corrected chi connectivity index (χ3v) is 3.75. The summed E-state index contributed by atoms with van der Waals surface area (Å²) in [7, 11) is 0. The van der Waals surface area contributed by atoms with Crippen molar-refractivity contribution in [3.8, 4) is 11.5 Å². The van der Waals surface area contributed by atoms with E-state index in [4.69, 9.17) is 8.94 Å². The van der Waals surface area contributed by atoms with Crippen LogP contribution in [0.5, 0.6) is 0 Å². The number of nitrogens with one attached hydrogen (secondary N) is 1. The highest BCUT2D eigenvalue weighted by molar-refractivity contribution is 5.73. The molecule has 1 amide bonds. The standard InChI is InChI=1S/C18H20N4O3/c1-11-14(19-16(24-11)13-8-6-5-7-9-13)10-15-20-17(22-25-15)18(3,4)21-12(2)23/h5-9H,10H2,1-4H3,(H,21,23). The van der Waals surface area contributed by atoms with Crippen LogP contribution in [0.25, 0.3) is 11.5 Å². The number of rotatable bonds is 5. The fourth-order valence-electron chi connectivity index (χ4n) is 2.52. The van der Waals surface area contributed by atoms with E-state index >= 15 is 0 Å². The fourth-order valence-corrected chi connectivity index (χ4v) is 2.52. The second-order valence-corrected chi connectivity index (χ2v) is 6.38. The largest absolute Gasteiger partial charge is 0.441 e. The van der Waals surface area contributed by atoms with Gasteiger partial charge in [-0.15, -0.1) is 0 Å². The highest BCUT2D eigenvalue weighted by Crippen LogP contribution is 2.23. The van der Waals surface area contributed by atoms with Crippen molar-refractivity contribution in [2.45, 2.75) is 39.7 Å². The average molecular weight is 340 g/mol. The van der Waals surface area contributed by atoms with Crippen LogP contribution in [-0.4, -0.2) is 21.0 Å². The lowest BCUT2D eigenvalue weighted by atomic mass is 10.1. The van der Waals surface area contributed by atoms with Crippen molar-refractivity contribution in [3.05, 3.63) is 53.5 Å². The Morgan fingerprint density at radius 1 is 1.20 bits per heavy atom. The first-order valence-electron chi connectivity index (χ1n) is 7.98. The van der Waals surface area contributed by atoms with Crippen LogP contribution >= 0.6 is 0 Å². The van der Waals surface area contributed by atoms with Gasteiger partial charge in [0.25, 0.3) is 0 Å². The number of hydrogen-bond donors (Lipinski definition) is 1. The number of carbonyl (C=O) groups excluding carboxylic acids is 1. The lowest BCUT2D eigenvalue weighted by Gasteiger charge is -2.20. The minimum Gasteiger partial charge on any atom is -0.441 e. The van der Waals surface area contributed by atoms with Gasteiger partial charge in [-0.25, -0.2) is 4.98 Å². The number of oxazole rings is 1. The van der Waals surface area contributed by atoms with Crippen LogP contribution in [0.2, 0.25) is 0 Å². The maximum absolute atomic E-state index is 11.3. The average Bonchev–Trinajstić information content (AvgIpc) is 3.16. The first-order valence-corrected chi connectivity index (χ1v) is 7.98. The van der Waals surface area contributed by atoms with Crippen molar-refractivity contribution < 1.29 is 13.7 Å². The summed E-state index contributed by atoms with van der Waals surface area (Å²) >= 11 is 0. The van der Waals surface area contributed by atoms with E-state index in [-0.39, 0.29) is 5.91 Å². The van der Waals surface area contributed by atoms with Crippen molar-refractivity contribution in [1.29, 1.82) is 0 Å². The molecule has 3 aromatic rings. The van der Waals surface area contributed by atoms with Crippen LogP contribution in [0.3, 0.4) is 0 Å². The Morgan fingerprint density at radius 3 is 2.60 bits per heavy atom. The number of benzene rings is 1. The van der Waals surface area contributed by atoms with Gasteiger partial charge in [0.05, 0.1) is 17.7 Å². The first-order chi connectivity index (χ1) is 11.8. The normalized spacial score (nSPS) is 11.5. The Balaban J connectivity index is 1.80. The zero-order chi connectivity index (χ0) is 18.0. The molecule has 0 radical (unpaired) electrons. The molecule has 0 saturated carbocycles. The molecule has 0 aliphatic heterocycles. The third-order valence-electron chi connectivity index (χ3n) is 3.75. The second kappa shape index (κ2) is 6.51. The highest BCUT2D eigenvalue weighted by atomic mass is 16.5. The van der Waals surface area contributed by atoms with E-state index < -0.39 is 5.54 Å². The summed E-state index contributed by atoms with van der Waals surface area (Å²) in [5.41, 5.74) is 0.947. The van der Waals surface area contributed by atoms with Crippen molar-refractivity contribution in [2.75, 3.05) is 0 Å². The molecule has 7 nitrogen and oxygen atoms in total. The highest BCUT2D eigenvalue weighted by Gasteiger charge is 2.28. The zero-order valence-electron chi connectivity index (χ0n) is 14.7. The molecule has 0 saturated heterocycles. The van der Waals surface area contributed by atoms with Crippen molar-refractivity contribution in [1.82, 2.24) is 20.4 Å². The van der Waals surface area contributed by atoms with Crippen LogP contribution in [0, 0.1) is 6.92 Å². The van der Waals surface area contributed by atoms with E-state index in [1.807, 2.05) is 51.1 Å². The van der Waals surface area contributed by atoms with Crippen LogP contribution in [-0.2, 0) is 16.8 Å². The molecule has 0 atom stereocenters. The zero-order valence-corrected chi connectivity index (χ0v) is 14.7. The quantitative estimate of drug-likeness (QED) is 0.767. The summed E-state index contributed by atoms with van der Waals surface area (Å²) < 4.78 is 11.1. The van der Waals surface area contributed by atoms with Gasteiger partial charge in [0.2, 0.25) is 17.7 Å².